The highest BCUT2D eigenvalue weighted by Crippen LogP contribution is 2.39. The van der Waals surface area contributed by atoms with Crippen molar-refractivity contribution in [1.82, 2.24) is 10.6 Å². The van der Waals surface area contributed by atoms with Gasteiger partial charge in [0.1, 0.15) is 0 Å². The van der Waals surface area contributed by atoms with Crippen molar-refractivity contribution in [3.63, 3.8) is 0 Å². The van der Waals surface area contributed by atoms with E-state index in [2.05, 4.69) is 31.3 Å². The van der Waals surface area contributed by atoms with Gasteiger partial charge in [0.2, 0.25) is 0 Å². The molecule has 1 aliphatic heterocycles. The van der Waals surface area contributed by atoms with Crippen LogP contribution in [0, 0.1) is 0 Å². The van der Waals surface area contributed by atoms with Crippen molar-refractivity contribution in [1.29, 1.82) is 0 Å². The van der Waals surface area contributed by atoms with Crippen LogP contribution in [-0.4, -0.2) is 37.0 Å². The Morgan fingerprint density at radius 1 is 1.38 bits per heavy atom. The van der Waals surface area contributed by atoms with Gasteiger partial charge in [0.25, 0.3) is 0 Å². The molecule has 2 amide bonds. The van der Waals surface area contributed by atoms with E-state index in [0.717, 1.165) is 0 Å². The van der Waals surface area contributed by atoms with Gasteiger partial charge in [-0.1, -0.05) is 0 Å². The van der Waals surface area contributed by atoms with E-state index in [-0.39, 0.29) is 27.2 Å². The Balaban J connectivity index is 2.44. The molecule has 1 unspecified atom stereocenters. The Morgan fingerprint density at radius 3 is 2.62 bits per heavy atom. The number of nitrogens with one attached hydrogen (secondary N) is 2. The van der Waals surface area contributed by atoms with Gasteiger partial charge in [-0.25, -0.2) is 9.59 Å². The van der Waals surface area contributed by atoms with E-state index in [9.17, 15) is 27.9 Å². The molecule has 0 radical (unpaired) electrons. The number of hydrogen-bond acceptors (Lipinski definition) is 5. The van der Waals surface area contributed by atoms with E-state index in [0.29, 0.717) is 5.56 Å². The Morgan fingerprint density at radius 2 is 2.04 bits per heavy atom. The predicted octanol–water partition coefficient (Wildman–Crippen LogP) is 2.90. The van der Waals surface area contributed by atoms with Gasteiger partial charge in [0.15, 0.2) is 18.1 Å². The third-order valence-electron chi connectivity index (χ3n) is 3.46. The van der Waals surface area contributed by atoms with Crippen LogP contribution in [-0.2, 0) is 9.53 Å². The van der Waals surface area contributed by atoms with Crippen molar-refractivity contribution in [3.05, 3.63) is 33.4 Å². The Labute approximate surface area is 154 Å². The summed E-state index contributed by atoms with van der Waals surface area (Å²) in [5.41, 5.74) is 0.141. The number of methoxy groups -OCH3 is 1. The molecular formula is C15H14BrF3N2O5. The smallest absolute Gasteiger partial charge is 0.422 e. The zero-order valence-electron chi connectivity index (χ0n) is 13.5. The Kier molecular flexibility index (Phi) is 5.69. The first kappa shape index (κ1) is 19.9. The molecule has 0 aromatic heterocycles. The summed E-state index contributed by atoms with van der Waals surface area (Å²) in [4.78, 5) is 24.0. The number of halogens is 4. The molecule has 2 rings (SSSR count). The Hall–Kier alpha value is -2.43. The molecule has 0 bridgehead atoms. The summed E-state index contributed by atoms with van der Waals surface area (Å²) in [6.45, 7) is -0.394. The van der Waals surface area contributed by atoms with Crippen LogP contribution in [0.15, 0.2) is 27.9 Å². The number of phenolic OH excluding ortho intramolecular Hbond substituents is 1. The van der Waals surface area contributed by atoms with Crippen molar-refractivity contribution in [2.45, 2.75) is 19.1 Å². The molecule has 0 saturated carbocycles. The summed E-state index contributed by atoms with van der Waals surface area (Å²) in [6, 6.07) is 0.998. The van der Waals surface area contributed by atoms with Gasteiger partial charge in [0, 0.05) is 5.70 Å². The average molecular weight is 439 g/mol. The van der Waals surface area contributed by atoms with Crippen LogP contribution in [0.3, 0.4) is 0 Å². The molecule has 0 aliphatic carbocycles. The number of esters is 1. The molecule has 1 aromatic rings. The highest BCUT2D eigenvalue weighted by atomic mass is 79.9. The van der Waals surface area contributed by atoms with Gasteiger partial charge in [-0.05, 0) is 40.5 Å². The molecule has 7 nitrogen and oxygen atoms in total. The molecule has 1 aliphatic rings. The quantitative estimate of drug-likeness (QED) is 0.628. The standard InChI is InChI=1S/C15H14BrF3N2O5/c1-6-10(13(23)26-5-15(17,18)19)11(21-14(24)20-6)7-3-8(16)12(22)9(4-7)25-2/h3-4,11,22H,5H2,1-2H3,(H2,20,21,24). The molecule has 26 heavy (non-hydrogen) atoms. The van der Waals surface area contributed by atoms with Crippen LogP contribution in [0.5, 0.6) is 11.5 Å². The van der Waals surface area contributed by atoms with E-state index < -0.39 is 30.8 Å². The lowest BCUT2D eigenvalue weighted by Gasteiger charge is -2.28. The number of phenols is 1. The van der Waals surface area contributed by atoms with Crippen LogP contribution >= 0.6 is 15.9 Å². The average Bonchev–Trinajstić information content (AvgIpc) is 2.53. The second kappa shape index (κ2) is 7.44. The maximum atomic E-state index is 12.3. The number of aromatic hydroxyl groups is 1. The van der Waals surface area contributed by atoms with Crippen LogP contribution in [0.1, 0.15) is 18.5 Å². The molecular weight excluding hydrogens is 425 g/mol. The first-order valence-electron chi connectivity index (χ1n) is 7.12. The zero-order valence-corrected chi connectivity index (χ0v) is 15.1. The van der Waals surface area contributed by atoms with E-state index in [4.69, 9.17) is 4.74 Å². The first-order valence-corrected chi connectivity index (χ1v) is 7.91. The monoisotopic (exact) mass is 438 g/mol. The number of urea groups is 1. The largest absolute Gasteiger partial charge is 0.503 e. The van der Waals surface area contributed by atoms with E-state index in [1.165, 1.54) is 26.2 Å². The number of alkyl halides is 3. The summed E-state index contributed by atoms with van der Waals surface area (Å²) in [6.07, 6.45) is -4.68. The first-order chi connectivity index (χ1) is 12.0. The molecule has 0 saturated heterocycles. The van der Waals surface area contributed by atoms with Gasteiger partial charge in [-0.2, -0.15) is 13.2 Å². The third kappa shape index (κ3) is 4.40. The normalized spacial score (nSPS) is 17.5. The Bertz CT molecular complexity index is 779. The molecule has 0 spiro atoms. The second-order valence-corrected chi connectivity index (χ2v) is 6.17. The van der Waals surface area contributed by atoms with E-state index in [1.54, 1.807) is 0 Å². The third-order valence-corrected chi connectivity index (χ3v) is 4.06. The van der Waals surface area contributed by atoms with Crippen LogP contribution < -0.4 is 15.4 Å². The minimum Gasteiger partial charge on any atom is -0.503 e. The molecule has 11 heteroatoms. The number of ether oxygens (including phenoxy) is 2. The minimum atomic E-state index is -4.68. The SMILES string of the molecule is COc1cc(C2NC(=O)NC(C)=C2C(=O)OCC(F)(F)F)cc(Br)c1O. The van der Waals surface area contributed by atoms with Crippen LogP contribution in [0.4, 0.5) is 18.0 Å². The molecule has 1 aromatic carbocycles. The molecule has 1 heterocycles. The molecule has 0 fully saturated rings. The molecule has 1 atom stereocenters. The van der Waals surface area contributed by atoms with Gasteiger partial charge in [-0.15, -0.1) is 0 Å². The number of benzene rings is 1. The fraction of sp³-hybridized carbons (Fsp3) is 0.333. The fourth-order valence-corrected chi connectivity index (χ4v) is 2.82. The van der Waals surface area contributed by atoms with Gasteiger partial charge in [-0.3, -0.25) is 0 Å². The molecule has 142 valence electrons. The van der Waals surface area contributed by atoms with Gasteiger partial charge >= 0.3 is 18.2 Å². The lowest BCUT2D eigenvalue weighted by Crippen LogP contribution is -2.45. The number of amides is 2. The second-order valence-electron chi connectivity index (χ2n) is 5.32. The number of allylic oxidation sites excluding steroid dienone is 1. The van der Waals surface area contributed by atoms with Crippen molar-refractivity contribution in [2.24, 2.45) is 0 Å². The molecule has 3 N–H and O–H groups in total. The van der Waals surface area contributed by atoms with Crippen LogP contribution in [0.2, 0.25) is 0 Å². The number of carbonyl (C=O) groups is 2. The summed E-state index contributed by atoms with van der Waals surface area (Å²) in [7, 11) is 1.30. The number of hydrogen-bond donors (Lipinski definition) is 3. The zero-order chi connectivity index (χ0) is 19.6. The van der Waals surface area contributed by atoms with Crippen LogP contribution in [0.25, 0.3) is 0 Å². The van der Waals surface area contributed by atoms with Crippen molar-refractivity contribution in [2.75, 3.05) is 13.7 Å². The highest BCUT2D eigenvalue weighted by Gasteiger charge is 2.36. The van der Waals surface area contributed by atoms with Gasteiger partial charge < -0.3 is 25.2 Å². The van der Waals surface area contributed by atoms with Crippen molar-refractivity contribution >= 4 is 27.9 Å². The van der Waals surface area contributed by atoms with Crippen molar-refractivity contribution in [3.8, 4) is 11.5 Å². The maximum Gasteiger partial charge on any atom is 0.422 e. The van der Waals surface area contributed by atoms with Gasteiger partial charge in [0.05, 0.1) is 23.2 Å². The number of rotatable bonds is 4. The predicted molar refractivity (Wildman–Crippen MR) is 86.5 cm³/mol. The summed E-state index contributed by atoms with van der Waals surface area (Å²) in [5, 5.41) is 14.6. The number of carbonyl (C=O) groups excluding carboxylic acids is 2. The summed E-state index contributed by atoms with van der Waals surface area (Å²) < 4.78 is 46.5. The topological polar surface area (TPSA) is 96.9 Å². The lowest BCUT2D eigenvalue weighted by molar-refractivity contribution is -0.183. The van der Waals surface area contributed by atoms with E-state index >= 15 is 0 Å². The van der Waals surface area contributed by atoms with E-state index in [1.807, 2.05) is 0 Å². The summed E-state index contributed by atoms with van der Waals surface area (Å²) in [5.74, 6) is -1.40. The van der Waals surface area contributed by atoms with Crippen molar-refractivity contribution < 1.29 is 37.3 Å². The lowest BCUT2D eigenvalue weighted by atomic mass is 9.95. The highest BCUT2D eigenvalue weighted by molar-refractivity contribution is 9.10. The summed E-state index contributed by atoms with van der Waals surface area (Å²) >= 11 is 3.11. The fourth-order valence-electron chi connectivity index (χ4n) is 2.36. The minimum absolute atomic E-state index is 0.0443. The maximum absolute atomic E-state index is 12.3.